The summed E-state index contributed by atoms with van der Waals surface area (Å²) in [5, 5.41) is 10.00. The molecule has 0 unspecified atom stereocenters. The smallest absolute Gasteiger partial charge is 0.432 e. The van der Waals surface area contributed by atoms with Crippen molar-refractivity contribution in [2.24, 2.45) is 0 Å². The van der Waals surface area contributed by atoms with Crippen molar-refractivity contribution in [2.75, 3.05) is 6.54 Å². The summed E-state index contributed by atoms with van der Waals surface area (Å²) in [5.74, 6) is -2.43. The van der Waals surface area contributed by atoms with Gasteiger partial charge in [0, 0.05) is 24.3 Å². The fraction of sp³-hybridized carbons (Fsp3) is 0.381. The number of carbonyl (C=O) groups is 2. The minimum absolute atomic E-state index is 0.0190. The molecule has 0 spiro atoms. The highest BCUT2D eigenvalue weighted by atomic mass is 19.4. The summed E-state index contributed by atoms with van der Waals surface area (Å²) in [6, 6.07) is 6.06. The van der Waals surface area contributed by atoms with Gasteiger partial charge in [0.1, 0.15) is 0 Å². The molecule has 1 fully saturated rings. The molecular weight excluding hydrogens is 441 g/mol. The van der Waals surface area contributed by atoms with E-state index >= 15 is 0 Å². The average Bonchev–Trinajstić information content (AvgIpc) is 3.54. The van der Waals surface area contributed by atoms with Gasteiger partial charge in [0.25, 0.3) is 5.89 Å². The van der Waals surface area contributed by atoms with E-state index in [1.807, 2.05) is 31.2 Å². The standard InChI is InChI=1S/C21H21F3N6O3/c1-2-13-4-3-5-14(8-13)17-10-25-19(33-17)18(31)27-15-9-16(12-29-7-6-26-28-29)30(11-15)20(32)21(22,23)24/h3-8,10,15-16H,2,9,11-12H2,1H3,(H,27,31)/t15-,16+/m1/s1. The Kier molecular flexibility index (Phi) is 6.16. The van der Waals surface area contributed by atoms with Gasteiger partial charge in [0.2, 0.25) is 0 Å². The molecule has 0 radical (unpaired) electrons. The fourth-order valence-electron chi connectivity index (χ4n) is 3.86. The number of hydrogen-bond donors (Lipinski definition) is 1. The monoisotopic (exact) mass is 462 g/mol. The van der Waals surface area contributed by atoms with E-state index < -0.39 is 30.1 Å². The van der Waals surface area contributed by atoms with Crippen LogP contribution < -0.4 is 5.32 Å². The van der Waals surface area contributed by atoms with E-state index in [0.29, 0.717) is 10.7 Å². The van der Waals surface area contributed by atoms with Crippen molar-refractivity contribution in [1.82, 2.24) is 30.2 Å². The largest absolute Gasteiger partial charge is 0.471 e. The van der Waals surface area contributed by atoms with Crippen LogP contribution in [0.4, 0.5) is 13.2 Å². The van der Waals surface area contributed by atoms with Crippen molar-refractivity contribution in [3.8, 4) is 11.3 Å². The Bertz CT molecular complexity index is 1130. The predicted octanol–water partition coefficient (Wildman–Crippen LogP) is 2.46. The Morgan fingerprint density at radius 2 is 2.12 bits per heavy atom. The molecule has 12 heteroatoms. The third-order valence-electron chi connectivity index (χ3n) is 5.44. The van der Waals surface area contributed by atoms with E-state index in [0.717, 1.165) is 17.5 Å². The number of aromatic nitrogens is 4. The Hall–Kier alpha value is -3.70. The second kappa shape index (κ2) is 9.04. The molecule has 1 N–H and O–H groups in total. The van der Waals surface area contributed by atoms with Gasteiger partial charge in [-0.1, -0.05) is 30.3 Å². The minimum atomic E-state index is -5.02. The molecule has 0 saturated carbocycles. The summed E-state index contributed by atoms with van der Waals surface area (Å²) in [6.07, 6.45) is 0.221. The van der Waals surface area contributed by atoms with Crippen LogP contribution >= 0.6 is 0 Å². The lowest BCUT2D eigenvalue weighted by Crippen LogP contribution is -2.46. The van der Waals surface area contributed by atoms with E-state index in [1.165, 1.54) is 23.3 Å². The SMILES string of the molecule is CCc1cccc(-c2cnc(C(=O)N[C@@H]3C[C@@H](Cn4ccnn4)N(C(=O)C(F)(F)F)C3)o2)c1. The Labute approximate surface area is 186 Å². The lowest BCUT2D eigenvalue weighted by atomic mass is 10.1. The molecule has 174 valence electrons. The van der Waals surface area contributed by atoms with Gasteiger partial charge >= 0.3 is 18.0 Å². The number of likely N-dealkylation sites (tertiary alicyclic amines) is 1. The molecule has 1 saturated heterocycles. The number of nitrogens with one attached hydrogen (secondary N) is 1. The van der Waals surface area contributed by atoms with Crippen molar-refractivity contribution in [3.05, 3.63) is 54.3 Å². The Morgan fingerprint density at radius 3 is 2.82 bits per heavy atom. The molecule has 9 nitrogen and oxygen atoms in total. The zero-order chi connectivity index (χ0) is 23.6. The van der Waals surface area contributed by atoms with E-state index in [9.17, 15) is 22.8 Å². The molecule has 0 aliphatic carbocycles. The molecule has 4 rings (SSSR count). The van der Waals surface area contributed by atoms with Gasteiger partial charge in [-0.2, -0.15) is 13.2 Å². The molecule has 3 aromatic rings. The predicted molar refractivity (Wildman–Crippen MR) is 109 cm³/mol. The number of alkyl halides is 3. The average molecular weight is 462 g/mol. The van der Waals surface area contributed by atoms with E-state index in [4.69, 9.17) is 4.42 Å². The molecule has 2 atom stereocenters. The van der Waals surface area contributed by atoms with Crippen LogP contribution in [-0.2, 0) is 17.8 Å². The number of nitrogens with zero attached hydrogens (tertiary/aromatic N) is 5. The van der Waals surface area contributed by atoms with Crippen molar-refractivity contribution in [3.63, 3.8) is 0 Å². The van der Waals surface area contributed by atoms with Gasteiger partial charge in [0.05, 0.1) is 25.0 Å². The highest BCUT2D eigenvalue weighted by molar-refractivity contribution is 5.90. The zero-order valence-electron chi connectivity index (χ0n) is 17.6. The summed E-state index contributed by atoms with van der Waals surface area (Å²) in [4.78, 5) is 29.3. The topological polar surface area (TPSA) is 106 Å². The highest BCUT2D eigenvalue weighted by Crippen LogP contribution is 2.27. The quantitative estimate of drug-likeness (QED) is 0.603. The first-order chi connectivity index (χ1) is 15.7. The van der Waals surface area contributed by atoms with Crippen LogP contribution in [0.2, 0.25) is 0 Å². The first kappa shape index (κ1) is 22.5. The lowest BCUT2D eigenvalue weighted by molar-refractivity contribution is -0.186. The molecule has 2 amide bonds. The van der Waals surface area contributed by atoms with Crippen LogP contribution in [-0.4, -0.2) is 61.5 Å². The van der Waals surface area contributed by atoms with Crippen molar-refractivity contribution in [1.29, 1.82) is 0 Å². The minimum Gasteiger partial charge on any atom is -0.432 e. The first-order valence-electron chi connectivity index (χ1n) is 10.3. The van der Waals surface area contributed by atoms with Crippen molar-refractivity contribution >= 4 is 11.8 Å². The maximum atomic E-state index is 13.1. The number of rotatable bonds is 6. The van der Waals surface area contributed by atoms with E-state index in [1.54, 1.807) is 0 Å². The molecule has 33 heavy (non-hydrogen) atoms. The van der Waals surface area contributed by atoms with Gasteiger partial charge in [-0.05, 0) is 24.5 Å². The molecule has 3 heterocycles. The van der Waals surface area contributed by atoms with Crippen LogP contribution in [0, 0.1) is 0 Å². The molecule has 2 aromatic heterocycles. The summed E-state index contributed by atoms with van der Waals surface area (Å²) in [5.41, 5.74) is 1.85. The first-order valence-corrected chi connectivity index (χ1v) is 10.3. The van der Waals surface area contributed by atoms with Gasteiger partial charge in [-0.3, -0.25) is 14.3 Å². The Balaban J connectivity index is 1.46. The number of hydrogen-bond acceptors (Lipinski definition) is 6. The number of aryl methyl sites for hydroxylation is 1. The highest BCUT2D eigenvalue weighted by Gasteiger charge is 2.48. The number of carbonyl (C=O) groups excluding carboxylic acids is 2. The van der Waals surface area contributed by atoms with Gasteiger partial charge < -0.3 is 14.6 Å². The zero-order valence-corrected chi connectivity index (χ0v) is 17.6. The summed E-state index contributed by atoms with van der Waals surface area (Å²) >= 11 is 0. The number of oxazole rings is 1. The van der Waals surface area contributed by atoms with Crippen LogP contribution in [0.15, 0.2) is 47.3 Å². The maximum absolute atomic E-state index is 13.1. The van der Waals surface area contributed by atoms with Crippen molar-refractivity contribution < 1.29 is 27.2 Å². The van der Waals surface area contributed by atoms with Crippen LogP contribution in [0.1, 0.15) is 29.6 Å². The van der Waals surface area contributed by atoms with Crippen LogP contribution in [0.25, 0.3) is 11.3 Å². The summed E-state index contributed by atoms with van der Waals surface area (Å²) < 4.78 is 46.2. The maximum Gasteiger partial charge on any atom is 0.471 e. The third kappa shape index (κ3) is 5.04. The van der Waals surface area contributed by atoms with Gasteiger partial charge in [-0.25, -0.2) is 4.98 Å². The van der Waals surface area contributed by atoms with Crippen LogP contribution in [0.3, 0.4) is 0 Å². The lowest BCUT2D eigenvalue weighted by Gasteiger charge is -2.25. The molecule has 1 aromatic carbocycles. The number of amides is 2. The molecule has 1 aliphatic heterocycles. The second-order valence-electron chi connectivity index (χ2n) is 7.72. The molecule has 0 bridgehead atoms. The number of halogens is 3. The Morgan fingerprint density at radius 1 is 1.30 bits per heavy atom. The van der Waals surface area contributed by atoms with Crippen LogP contribution in [0.5, 0.6) is 0 Å². The van der Waals surface area contributed by atoms with E-state index in [-0.39, 0.29) is 25.4 Å². The van der Waals surface area contributed by atoms with Gasteiger partial charge in [-0.15, -0.1) is 5.10 Å². The summed E-state index contributed by atoms with van der Waals surface area (Å²) in [6.45, 7) is 1.74. The molecule has 1 aliphatic rings. The summed E-state index contributed by atoms with van der Waals surface area (Å²) in [7, 11) is 0. The third-order valence-corrected chi connectivity index (χ3v) is 5.44. The fourth-order valence-corrected chi connectivity index (χ4v) is 3.86. The van der Waals surface area contributed by atoms with Gasteiger partial charge in [0.15, 0.2) is 5.76 Å². The molecular formula is C21H21F3N6O3. The number of benzene rings is 1. The second-order valence-corrected chi connectivity index (χ2v) is 7.72. The van der Waals surface area contributed by atoms with E-state index in [2.05, 4.69) is 20.6 Å². The normalized spacial score (nSPS) is 18.5. The van der Waals surface area contributed by atoms with Crippen molar-refractivity contribution in [2.45, 2.75) is 44.6 Å².